The zero-order chi connectivity index (χ0) is 21.7. The maximum Gasteiger partial charge on any atom is 0.0528 e. The minimum atomic E-state index is 0.295. The van der Waals surface area contributed by atoms with Crippen LogP contribution >= 0.6 is 0 Å². The summed E-state index contributed by atoms with van der Waals surface area (Å²) in [5.41, 5.74) is 13.6. The fraction of sp³-hybridized carbons (Fsp3) is 0.267. The molecule has 3 aromatic rings. The average Bonchev–Trinajstić information content (AvgIpc) is 2.77. The quantitative estimate of drug-likeness (QED) is 0.393. The van der Waals surface area contributed by atoms with E-state index in [0.29, 0.717) is 11.8 Å². The Morgan fingerprint density at radius 1 is 0.871 bits per heavy atom. The van der Waals surface area contributed by atoms with E-state index in [9.17, 15) is 0 Å². The molecular weight excluding hydrogens is 374 g/mol. The van der Waals surface area contributed by atoms with Gasteiger partial charge in [0.05, 0.1) is 11.4 Å². The Morgan fingerprint density at radius 2 is 1.61 bits per heavy atom. The molecule has 0 spiro atoms. The summed E-state index contributed by atoms with van der Waals surface area (Å²) in [6.07, 6.45) is 5.61. The summed E-state index contributed by atoms with van der Waals surface area (Å²) in [7, 11) is 0. The molecule has 0 amide bonds. The number of benzene rings is 3. The van der Waals surface area contributed by atoms with Crippen molar-refractivity contribution in [2.45, 2.75) is 52.9 Å². The van der Waals surface area contributed by atoms with Gasteiger partial charge in [0, 0.05) is 12.1 Å². The van der Waals surface area contributed by atoms with E-state index in [1.165, 1.54) is 55.9 Å². The Bertz CT molecular complexity index is 1220. The van der Waals surface area contributed by atoms with Crippen molar-refractivity contribution in [3.63, 3.8) is 0 Å². The number of nitrogens with zero attached hydrogens (tertiary/aromatic N) is 1. The summed E-state index contributed by atoms with van der Waals surface area (Å²) in [4.78, 5) is 2.48. The molecule has 0 saturated heterocycles. The zero-order valence-corrected chi connectivity index (χ0v) is 19.2. The van der Waals surface area contributed by atoms with Gasteiger partial charge in [-0.2, -0.15) is 0 Å². The Hall–Kier alpha value is -3.06. The number of para-hydroxylation sites is 1. The molecule has 5 rings (SSSR count). The van der Waals surface area contributed by atoms with Crippen LogP contribution in [0.4, 0.5) is 5.69 Å². The van der Waals surface area contributed by atoms with Crippen LogP contribution in [0.1, 0.15) is 73.8 Å². The molecule has 2 bridgehead atoms. The standard InChI is InChI=1S/C30H31N/c1-19(2)25-13-8-14-27-22(5)26-11-6-7-12-28(26)23-16-20(3)17-24(18-23)29-21(4)10-9-15-31(29)30(25)27/h6-9,11-19,22H,10H2,1-5H3. The molecule has 0 radical (unpaired) electrons. The van der Waals surface area contributed by atoms with E-state index in [1.807, 2.05) is 0 Å². The van der Waals surface area contributed by atoms with Crippen LogP contribution in [0, 0.1) is 6.92 Å². The molecule has 1 atom stereocenters. The highest BCUT2D eigenvalue weighted by Gasteiger charge is 2.28. The molecule has 0 aliphatic carbocycles. The van der Waals surface area contributed by atoms with E-state index in [1.54, 1.807) is 0 Å². The predicted molar refractivity (Wildman–Crippen MR) is 133 cm³/mol. The third kappa shape index (κ3) is 3.24. The van der Waals surface area contributed by atoms with Crippen molar-refractivity contribution >= 4 is 11.4 Å². The highest BCUT2D eigenvalue weighted by molar-refractivity contribution is 5.90. The molecule has 1 heteroatoms. The van der Waals surface area contributed by atoms with Crippen LogP contribution in [-0.4, -0.2) is 0 Å². The molecule has 0 saturated carbocycles. The van der Waals surface area contributed by atoms with Crippen molar-refractivity contribution in [1.29, 1.82) is 0 Å². The Kier molecular flexibility index (Phi) is 4.85. The SMILES string of the molecule is CC1=C2c3cc(C)cc(c3)-c3ccccc3C(C)c3cccc(C(C)C)c3N2C=CC1. The van der Waals surface area contributed by atoms with Gasteiger partial charge in [-0.25, -0.2) is 0 Å². The predicted octanol–water partition coefficient (Wildman–Crippen LogP) is 8.41. The minimum Gasteiger partial charge on any atom is -0.316 e. The molecule has 0 fully saturated rings. The van der Waals surface area contributed by atoms with Gasteiger partial charge in [0.15, 0.2) is 0 Å². The third-order valence-corrected chi connectivity index (χ3v) is 6.84. The molecule has 3 aromatic carbocycles. The van der Waals surface area contributed by atoms with Crippen molar-refractivity contribution in [2.75, 3.05) is 4.90 Å². The number of anilines is 1. The van der Waals surface area contributed by atoms with Crippen LogP contribution in [0.25, 0.3) is 16.8 Å². The number of rotatable bonds is 1. The van der Waals surface area contributed by atoms with Gasteiger partial charge in [0.1, 0.15) is 0 Å². The van der Waals surface area contributed by atoms with Crippen molar-refractivity contribution in [3.05, 3.63) is 106 Å². The first kappa shape index (κ1) is 19.9. The summed E-state index contributed by atoms with van der Waals surface area (Å²) in [6.45, 7) is 11.5. The van der Waals surface area contributed by atoms with Crippen molar-refractivity contribution in [3.8, 4) is 11.1 Å². The number of fused-ring (bicyclic) bond motifs is 8. The summed E-state index contributed by atoms with van der Waals surface area (Å²) in [6, 6.07) is 22.9. The number of hydrogen-bond acceptors (Lipinski definition) is 1. The first-order valence-electron chi connectivity index (χ1n) is 11.5. The van der Waals surface area contributed by atoms with E-state index in [4.69, 9.17) is 0 Å². The van der Waals surface area contributed by atoms with Gasteiger partial charge in [-0.05, 0) is 82.8 Å². The first-order valence-corrected chi connectivity index (χ1v) is 11.5. The lowest BCUT2D eigenvalue weighted by molar-refractivity contribution is 0.846. The van der Waals surface area contributed by atoms with Crippen LogP contribution in [0.15, 0.2) is 78.5 Å². The molecule has 31 heavy (non-hydrogen) atoms. The smallest absolute Gasteiger partial charge is 0.0528 e. The van der Waals surface area contributed by atoms with E-state index >= 15 is 0 Å². The van der Waals surface area contributed by atoms with Gasteiger partial charge >= 0.3 is 0 Å². The lowest BCUT2D eigenvalue weighted by Gasteiger charge is -2.36. The first-order chi connectivity index (χ1) is 15.0. The molecule has 2 aliphatic rings. The molecule has 2 aliphatic heterocycles. The molecule has 1 nitrogen and oxygen atoms in total. The fourth-order valence-electron chi connectivity index (χ4n) is 5.34. The van der Waals surface area contributed by atoms with Gasteiger partial charge in [-0.3, -0.25) is 0 Å². The van der Waals surface area contributed by atoms with Crippen LogP contribution in [0.2, 0.25) is 0 Å². The molecule has 2 heterocycles. The second-order valence-corrected chi connectivity index (χ2v) is 9.42. The highest BCUT2D eigenvalue weighted by atomic mass is 15.1. The van der Waals surface area contributed by atoms with E-state index in [0.717, 1.165) is 6.42 Å². The van der Waals surface area contributed by atoms with Crippen LogP contribution in [0.3, 0.4) is 0 Å². The van der Waals surface area contributed by atoms with Gasteiger partial charge in [0.2, 0.25) is 0 Å². The maximum absolute atomic E-state index is 2.48. The fourth-order valence-corrected chi connectivity index (χ4v) is 5.34. The van der Waals surface area contributed by atoms with E-state index < -0.39 is 0 Å². The van der Waals surface area contributed by atoms with Gasteiger partial charge in [-0.15, -0.1) is 0 Å². The number of aryl methyl sites for hydroxylation is 1. The van der Waals surface area contributed by atoms with Gasteiger partial charge < -0.3 is 4.90 Å². The largest absolute Gasteiger partial charge is 0.316 e. The van der Waals surface area contributed by atoms with Gasteiger partial charge in [-0.1, -0.05) is 75.4 Å². The molecule has 0 N–H and O–H groups in total. The van der Waals surface area contributed by atoms with E-state index in [-0.39, 0.29) is 0 Å². The Labute approximate surface area is 186 Å². The second-order valence-electron chi connectivity index (χ2n) is 9.42. The number of allylic oxidation sites excluding steroid dienone is 2. The monoisotopic (exact) mass is 405 g/mol. The molecule has 156 valence electrons. The summed E-state index contributed by atoms with van der Waals surface area (Å²) in [5, 5.41) is 0. The second kappa shape index (κ2) is 7.57. The number of hydrogen-bond donors (Lipinski definition) is 0. The molecular formula is C30H31N. The van der Waals surface area contributed by atoms with Crippen LogP contribution < -0.4 is 4.90 Å². The average molecular weight is 406 g/mol. The maximum atomic E-state index is 2.48. The zero-order valence-electron chi connectivity index (χ0n) is 19.2. The van der Waals surface area contributed by atoms with Crippen LogP contribution in [-0.2, 0) is 0 Å². The minimum absolute atomic E-state index is 0.295. The molecule has 1 unspecified atom stereocenters. The summed E-state index contributed by atoms with van der Waals surface area (Å²) >= 11 is 0. The van der Waals surface area contributed by atoms with Crippen molar-refractivity contribution in [2.24, 2.45) is 0 Å². The molecule has 0 aromatic heterocycles. The lowest BCUT2D eigenvalue weighted by atomic mass is 9.82. The topological polar surface area (TPSA) is 3.24 Å². The van der Waals surface area contributed by atoms with Crippen molar-refractivity contribution in [1.82, 2.24) is 0 Å². The lowest BCUT2D eigenvalue weighted by Crippen LogP contribution is -2.23. The highest BCUT2D eigenvalue weighted by Crippen LogP contribution is 2.46. The van der Waals surface area contributed by atoms with Crippen molar-refractivity contribution < 1.29 is 0 Å². The summed E-state index contributed by atoms with van der Waals surface area (Å²) in [5.74, 6) is 0.745. The summed E-state index contributed by atoms with van der Waals surface area (Å²) < 4.78 is 0. The third-order valence-electron chi connectivity index (χ3n) is 6.84. The normalized spacial score (nSPS) is 17.4. The van der Waals surface area contributed by atoms with Gasteiger partial charge in [0.25, 0.3) is 0 Å². The Balaban J connectivity index is 1.94. The Morgan fingerprint density at radius 3 is 2.42 bits per heavy atom. The van der Waals surface area contributed by atoms with Crippen LogP contribution in [0.5, 0.6) is 0 Å². The van der Waals surface area contributed by atoms with E-state index in [2.05, 4.69) is 112 Å².